The number of aryl methyl sites for hydroxylation is 1. The van der Waals surface area contributed by atoms with Gasteiger partial charge in [0.05, 0.1) is 41.1 Å². The second-order valence-corrected chi connectivity index (χ2v) is 23.6. The number of rotatable bonds is 12. The van der Waals surface area contributed by atoms with Crippen LogP contribution in [0.5, 0.6) is 11.5 Å². The number of benzene rings is 2. The summed E-state index contributed by atoms with van der Waals surface area (Å²) < 4.78 is 40.9. The molecule has 70 heavy (non-hydrogen) atoms. The first-order valence-corrected chi connectivity index (χ1v) is 27.4. The molecule has 0 spiro atoms. The molecule has 5 aliphatic rings. The first-order valence-electron chi connectivity index (χ1n) is 25.1. The predicted octanol–water partition coefficient (Wildman–Crippen LogP) is 7.89. The van der Waals surface area contributed by atoms with E-state index in [9.17, 15) is 18.0 Å². The van der Waals surface area contributed by atoms with Gasteiger partial charge in [0.1, 0.15) is 34.3 Å². The Balaban J connectivity index is 1.05. The second kappa shape index (κ2) is 20.0. The van der Waals surface area contributed by atoms with Crippen LogP contribution in [-0.2, 0) is 24.4 Å². The van der Waals surface area contributed by atoms with Crippen LogP contribution in [0.3, 0.4) is 0 Å². The minimum atomic E-state index is -3.98. The fraction of sp³-hybridized carbons (Fsp3) is 0.547. The van der Waals surface area contributed by atoms with E-state index in [1.54, 1.807) is 25.0 Å². The molecule has 4 fully saturated rings. The van der Waals surface area contributed by atoms with Crippen molar-refractivity contribution in [3.05, 3.63) is 76.8 Å². The second-order valence-electron chi connectivity index (χ2n) is 20.6. The molecule has 0 unspecified atom stereocenters. The molecule has 9 rings (SSSR count). The predicted molar refractivity (Wildman–Crippen MR) is 272 cm³/mol. The Morgan fingerprint density at radius 3 is 2.50 bits per heavy atom. The summed E-state index contributed by atoms with van der Waals surface area (Å²) in [6, 6.07) is 11.2. The van der Waals surface area contributed by atoms with Crippen molar-refractivity contribution in [2.24, 2.45) is 11.3 Å². The molecule has 4 aromatic rings. The Bertz CT molecular complexity index is 2800. The number of carbonyl (C=O) groups excluding carboxylic acids is 4. The number of anilines is 1. The smallest absolute Gasteiger partial charge is 0.254 e. The fourth-order valence-electron chi connectivity index (χ4n) is 10.3. The maximum Gasteiger partial charge on any atom is 0.254 e. The average Bonchev–Trinajstić information content (AvgIpc) is 4.12. The summed E-state index contributed by atoms with van der Waals surface area (Å²) in [5, 5.41) is 7.00. The van der Waals surface area contributed by atoms with E-state index in [1.807, 2.05) is 65.8 Å². The summed E-state index contributed by atoms with van der Waals surface area (Å²) in [5.41, 5.74) is 2.96. The molecule has 17 heteroatoms. The summed E-state index contributed by atoms with van der Waals surface area (Å²) >= 11 is 1.50. The number of allylic oxidation sites excluding steroid dienone is 2. The minimum Gasteiger partial charge on any atom is -0.496 e. The minimum absolute atomic E-state index is 0.0583. The number of nitrogens with zero attached hydrogens (tertiary/aromatic N) is 5. The van der Waals surface area contributed by atoms with Gasteiger partial charge in [0.15, 0.2) is 5.78 Å². The third-order valence-electron chi connectivity index (χ3n) is 15.4. The van der Waals surface area contributed by atoms with Gasteiger partial charge in [-0.3, -0.25) is 23.9 Å². The highest BCUT2D eigenvalue weighted by Gasteiger charge is 2.62. The number of likely N-dealkylation sites (N-methyl/N-ethyl adjacent to an activating group) is 1. The molecule has 0 bridgehead atoms. The van der Waals surface area contributed by atoms with Crippen LogP contribution >= 0.6 is 11.3 Å². The van der Waals surface area contributed by atoms with Crippen molar-refractivity contribution in [2.45, 2.75) is 128 Å². The van der Waals surface area contributed by atoms with Crippen LogP contribution in [0.25, 0.3) is 21.6 Å². The molecule has 2 aromatic carbocycles. The Kier molecular flexibility index (Phi) is 14.2. The normalized spacial score (nSPS) is 25.6. The lowest BCUT2D eigenvalue weighted by Gasteiger charge is -2.34. The summed E-state index contributed by atoms with van der Waals surface area (Å²) in [6.45, 7) is 13.8. The van der Waals surface area contributed by atoms with Gasteiger partial charge in [0.2, 0.25) is 21.8 Å². The standard InChI is InChI=1S/C53H67N7O8S2/c1-7-58-22-24-59(25-23-58)49(62)35-14-13-16-37(26-35)54-40-17-12-10-8-9-11-15-36-29-53(36,51(64)57-70(65,66)52(5)20-21-52)30-44(61)43-27-38(31-60(43)50(40)63)68-46-28-41(48-56-42(32-69-48)33(2)3)55-47-34(4)45(67-6)19-18-39(46)47/h11,13-16,18-19,26,28,32-33,36,38,40,43,54H,7-10,12,17,20-25,27,29-31H2,1-6H3,(H,57,64)/b15-11-/t36-,38-,40+,43+,53-/m1/s1. The monoisotopic (exact) mass is 993 g/mol. The lowest BCUT2D eigenvalue weighted by molar-refractivity contribution is -0.139. The van der Waals surface area contributed by atoms with Crippen LogP contribution < -0.4 is 19.5 Å². The highest BCUT2D eigenvalue weighted by Crippen LogP contribution is 2.58. The Hall–Kier alpha value is -5.39. The highest BCUT2D eigenvalue weighted by molar-refractivity contribution is 7.91. The number of aromatic nitrogens is 2. The Labute approximate surface area is 415 Å². The zero-order valence-electron chi connectivity index (χ0n) is 41.3. The fourth-order valence-corrected chi connectivity index (χ4v) is 12.6. The summed E-state index contributed by atoms with van der Waals surface area (Å²) in [6.07, 6.45) is 8.13. The lowest BCUT2D eigenvalue weighted by atomic mass is 9.91. The molecule has 3 amide bonds. The topological polar surface area (TPSA) is 180 Å². The number of hydrogen-bond acceptors (Lipinski definition) is 13. The zero-order valence-corrected chi connectivity index (χ0v) is 42.9. The third kappa shape index (κ3) is 10.1. The highest BCUT2D eigenvalue weighted by atomic mass is 32.2. The van der Waals surface area contributed by atoms with Crippen molar-refractivity contribution in [1.29, 1.82) is 0 Å². The van der Waals surface area contributed by atoms with Crippen LogP contribution in [0.1, 0.15) is 119 Å². The van der Waals surface area contributed by atoms with Gasteiger partial charge >= 0.3 is 0 Å². The van der Waals surface area contributed by atoms with Crippen molar-refractivity contribution in [3.63, 3.8) is 0 Å². The van der Waals surface area contributed by atoms with Crippen molar-refractivity contribution >= 4 is 61.5 Å². The number of fused-ring (bicyclic) bond motifs is 3. The number of nitrogens with one attached hydrogen (secondary N) is 2. The molecule has 2 aliphatic carbocycles. The lowest BCUT2D eigenvalue weighted by Crippen LogP contribution is -2.49. The van der Waals surface area contributed by atoms with E-state index in [4.69, 9.17) is 19.4 Å². The molecule has 5 heterocycles. The number of pyridine rings is 1. The Morgan fingerprint density at radius 2 is 1.79 bits per heavy atom. The van der Waals surface area contributed by atoms with Crippen LogP contribution in [0.15, 0.2) is 60.0 Å². The average molecular weight is 994 g/mol. The van der Waals surface area contributed by atoms with Crippen molar-refractivity contribution < 1.29 is 37.1 Å². The van der Waals surface area contributed by atoms with E-state index >= 15 is 9.59 Å². The van der Waals surface area contributed by atoms with Gasteiger partial charge < -0.3 is 29.5 Å². The number of thiazole rings is 1. The van der Waals surface area contributed by atoms with Crippen molar-refractivity contribution in [3.8, 4) is 22.2 Å². The van der Waals surface area contributed by atoms with Gasteiger partial charge in [-0.1, -0.05) is 51.8 Å². The van der Waals surface area contributed by atoms with Gasteiger partial charge in [-0.05, 0) is 101 Å². The molecule has 3 aliphatic heterocycles. The van der Waals surface area contributed by atoms with Crippen LogP contribution in [-0.4, -0.2) is 126 Å². The summed E-state index contributed by atoms with van der Waals surface area (Å²) in [5.74, 6) is -0.253. The summed E-state index contributed by atoms with van der Waals surface area (Å²) in [4.78, 5) is 74.3. The van der Waals surface area contributed by atoms with E-state index in [0.717, 1.165) is 67.0 Å². The molecule has 0 radical (unpaired) electrons. The van der Waals surface area contributed by atoms with Crippen LogP contribution in [0, 0.1) is 18.3 Å². The SMILES string of the molecule is CCN1CCN(C(=O)c2cccc(N[C@H]3CCCCC/C=C\[C@@H]4C[C@@]4(C(=O)NS(=O)(=O)C4(C)CC4)CC(=O)[C@@H]4C[C@@H](Oc5cc(-c6nc(C(C)C)cs6)nc6c(C)c(OC)ccc56)CN4C3=O)c2)CC1. The van der Waals surface area contributed by atoms with E-state index in [0.29, 0.717) is 72.7 Å². The number of piperazine rings is 1. The maximum atomic E-state index is 15.3. The summed E-state index contributed by atoms with van der Waals surface area (Å²) in [7, 11) is -2.36. The maximum absolute atomic E-state index is 15.3. The number of hydrogen-bond donors (Lipinski definition) is 2. The van der Waals surface area contributed by atoms with Gasteiger partial charge in [0, 0.05) is 72.7 Å². The number of ketones is 1. The molecule has 2 N–H and O–H groups in total. The first kappa shape index (κ1) is 49.6. The molecule has 2 saturated carbocycles. The quantitative estimate of drug-likeness (QED) is 0.131. The van der Waals surface area contributed by atoms with Gasteiger partial charge in [-0.25, -0.2) is 18.4 Å². The number of methoxy groups -OCH3 is 1. The number of ether oxygens (including phenoxy) is 2. The zero-order chi connectivity index (χ0) is 49.5. The number of sulfonamides is 1. The number of Topliss-reactive ketones (excluding diaryl/α,β-unsaturated/α-hetero) is 1. The number of amides is 3. The van der Waals surface area contributed by atoms with E-state index in [-0.39, 0.29) is 48.8 Å². The molecule has 2 aromatic heterocycles. The van der Waals surface area contributed by atoms with E-state index in [2.05, 4.69) is 35.7 Å². The molecule has 374 valence electrons. The molecule has 5 atom stereocenters. The number of carbonyl (C=O) groups is 4. The third-order valence-corrected chi connectivity index (χ3v) is 18.4. The largest absolute Gasteiger partial charge is 0.496 e. The van der Waals surface area contributed by atoms with Crippen molar-refractivity contribution in [1.82, 2.24) is 29.4 Å². The van der Waals surface area contributed by atoms with Gasteiger partial charge in [0.25, 0.3) is 5.91 Å². The van der Waals surface area contributed by atoms with Gasteiger partial charge in [-0.15, -0.1) is 11.3 Å². The van der Waals surface area contributed by atoms with Gasteiger partial charge in [-0.2, -0.15) is 0 Å². The molecule has 2 saturated heterocycles. The molecule has 15 nitrogen and oxygen atoms in total. The van der Waals surface area contributed by atoms with E-state index in [1.165, 1.54) is 11.3 Å². The van der Waals surface area contributed by atoms with E-state index < -0.39 is 44.3 Å². The molecular formula is C53H67N7O8S2. The van der Waals surface area contributed by atoms with Crippen LogP contribution in [0.2, 0.25) is 0 Å². The molecular weight excluding hydrogens is 927 g/mol. The van der Waals surface area contributed by atoms with Crippen molar-refractivity contribution in [2.75, 3.05) is 51.7 Å². The first-order chi connectivity index (χ1) is 33.5. The van der Waals surface area contributed by atoms with Crippen LogP contribution in [0.4, 0.5) is 5.69 Å². The Morgan fingerprint density at radius 1 is 1.00 bits per heavy atom.